The number of aldehydes is 1. The molecule has 0 saturated carbocycles. The Morgan fingerprint density at radius 2 is 1.84 bits per heavy atom. The minimum absolute atomic E-state index is 0.221. The van der Waals surface area contributed by atoms with Gasteiger partial charge in [-0.25, -0.2) is 4.98 Å². The van der Waals surface area contributed by atoms with E-state index in [1.807, 2.05) is 49.1 Å². The third-order valence-corrected chi connectivity index (χ3v) is 6.10. The van der Waals surface area contributed by atoms with Crippen molar-refractivity contribution >= 4 is 51.9 Å². The van der Waals surface area contributed by atoms with E-state index in [-0.39, 0.29) is 12.4 Å². The summed E-state index contributed by atoms with van der Waals surface area (Å²) in [5.41, 5.74) is 2.32. The topological polar surface area (TPSA) is 59.5 Å². The predicted octanol–water partition coefficient (Wildman–Crippen LogP) is 6.92. The van der Waals surface area contributed by atoms with Gasteiger partial charge < -0.3 is 9.64 Å². The summed E-state index contributed by atoms with van der Waals surface area (Å²) >= 11 is 13.4. The molecule has 0 amide bonds. The van der Waals surface area contributed by atoms with Gasteiger partial charge in [0.05, 0.1) is 33.6 Å². The quantitative estimate of drug-likeness (QED) is 0.239. The van der Waals surface area contributed by atoms with Crippen molar-refractivity contribution in [2.45, 2.75) is 33.7 Å². The molecule has 32 heavy (non-hydrogen) atoms. The van der Waals surface area contributed by atoms with Gasteiger partial charge in [-0.15, -0.1) is 0 Å². The Bertz CT molecular complexity index is 1030. The van der Waals surface area contributed by atoms with Crippen molar-refractivity contribution < 1.29 is 14.3 Å². The molecule has 0 saturated heterocycles. The highest BCUT2D eigenvalue weighted by Gasteiger charge is 2.19. The largest absolute Gasteiger partial charge is 0.466 e. The molecule has 0 unspecified atom stereocenters. The summed E-state index contributed by atoms with van der Waals surface area (Å²) in [6, 6.07) is 15.0. The lowest BCUT2D eigenvalue weighted by Crippen LogP contribution is -2.26. The van der Waals surface area contributed by atoms with Gasteiger partial charge in [-0.05, 0) is 24.6 Å². The lowest BCUT2D eigenvalue weighted by atomic mass is 10.1. The Balaban J connectivity index is 0.00000176. The smallest absolute Gasteiger partial charge is 0.307 e. The van der Waals surface area contributed by atoms with E-state index >= 15 is 0 Å². The Morgan fingerprint density at radius 3 is 2.47 bits per heavy atom. The number of thiazole rings is 1. The SMILES string of the molecule is CC.CCOC(=O)CCN(Cc1ccccc1)c1nc(-c2ccc(Cl)c(Cl)c2)c(C=O)s1. The highest BCUT2D eigenvalue weighted by molar-refractivity contribution is 7.17. The lowest BCUT2D eigenvalue weighted by Gasteiger charge is -2.21. The summed E-state index contributed by atoms with van der Waals surface area (Å²) in [6.45, 7) is 7.08. The maximum atomic E-state index is 11.9. The van der Waals surface area contributed by atoms with Crippen LogP contribution in [0.4, 0.5) is 5.13 Å². The molecular formula is C24H26Cl2N2O3S. The number of benzene rings is 2. The van der Waals surface area contributed by atoms with E-state index in [9.17, 15) is 9.59 Å². The molecule has 0 N–H and O–H groups in total. The van der Waals surface area contributed by atoms with Gasteiger partial charge >= 0.3 is 5.97 Å². The zero-order valence-electron chi connectivity index (χ0n) is 18.3. The lowest BCUT2D eigenvalue weighted by molar-refractivity contribution is -0.142. The van der Waals surface area contributed by atoms with Crippen molar-refractivity contribution in [1.29, 1.82) is 0 Å². The number of halogens is 2. The van der Waals surface area contributed by atoms with Crippen molar-refractivity contribution in [3.05, 3.63) is 69.0 Å². The average molecular weight is 493 g/mol. The molecule has 3 rings (SSSR count). The van der Waals surface area contributed by atoms with Crippen LogP contribution in [0.1, 0.15) is 42.4 Å². The molecule has 0 atom stereocenters. The first kappa shape index (κ1) is 25.8. The second kappa shape index (κ2) is 13.2. The predicted molar refractivity (Wildman–Crippen MR) is 133 cm³/mol. The second-order valence-electron chi connectivity index (χ2n) is 6.42. The maximum Gasteiger partial charge on any atom is 0.307 e. The van der Waals surface area contributed by atoms with Crippen LogP contribution in [-0.4, -0.2) is 30.4 Å². The first-order valence-corrected chi connectivity index (χ1v) is 11.9. The molecule has 3 aromatic rings. The highest BCUT2D eigenvalue weighted by Crippen LogP contribution is 2.35. The number of carbonyl (C=O) groups is 2. The highest BCUT2D eigenvalue weighted by atomic mass is 35.5. The van der Waals surface area contributed by atoms with Crippen LogP contribution < -0.4 is 4.90 Å². The fraction of sp³-hybridized carbons (Fsp3) is 0.292. The van der Waals surface area contributed by atoms with Gasteiger partial charge in [0.15, 0.2) is 11.4 Å². The van der Waals surface area contributed by atoms with Gasteiger partial charge in [0.25, 0.3) is 0 Å². The fourth-order valence-electron chi connectivity index (χ4n) is 2.89. The van der Waals surface area contributed by atoms with E-state index in [2.05, 4.69) is 0 Å². The van der Waals surface area contributed by atoms with Crippen LogP contribution in [0.3, 0.4) is 0 Å². The summed E-state index contributed by atoms with van der Waals surface area (Å²) in [5.74, 6) is -0.271. The van der Waals surface area contributed by atoms with Crippen LogP contribution in [0.15, 0.2) is 48.5 Å². The molecule has 0 radical (unpaired) electrons. The van der Waals surface area contributed by atoms with Gasteiger partial charge in [0, 0.05) is 18.7 Å². The number of esters is 1. The minimum Gasteiger partial charge on any atom is -0.466 e. The summed E-state index contributed by atoms with van der Waals surface area (Å²) in [5, 5.41) is 1.47. The monoisotopic (exact) mass is 492 g/mol. The van der Waals surface area contributed by atoms with Crippen molar-refractivity contribution in [2.75, 3.05) is 18.1 Å². The van der Waals surface area contributed by atoms with E-state index in [0.717, 1.165) is 11.8 Å². The zero-order chi connectivity index (χ0) is 23.5. The summed E-state index contributed by atoms with van der Waals surface area (Å²) < 4.78 is 5.06. The molecular weight excluding hydrogens is 467 g/mol. The Morgan fingerprint density at radius 1 is 1.12 bits per heavy atom. The van der Waals surface area contributed by atoms with Crippen LogP contribution in [0.25, 0.3) is 11.3 Å². The molecule has 2 aromatic carbocycles. The third-order valence-electron chi connectivity index (χ3n) is 4.32. The van der Waals surface area contributed by atoms with Crippen molar-refractivity contribution in [1.82, 2.24) is 4.98 Å². The summed E-state index contributed by atoms with van der Waals surface area (Å²) in [4.78, 5) is 30.8. The van der Waals surface area contributed by atoms with Gasteiger partial charge in [0.2, 0.25) is 0 Å². The van der Waals surface area contributed by atoms with Crippen molar-refractivity contribution in [3.8, 4) is 11.3 Å². The van der Waals surface area contributed by atoms with E-state index in [1.54, 1.807) is 25.1 Å². The van der Waals surface area contributed by atoms with E-state index in [4.69, 9.17) is 32.9 Å². The molecule has 0 spiro atoms. The van der Waals surface area contributed by atoms with Crippen molar-refractivity contribution in [3.63, 3.8) is 0 Å². The number of nitrogens with zero attached hydrogens (tertiary/aromatic N) is 2. The van der Waals surface area contributed by atoms with Gasteiger partial charge in [-0.3, -0.25) is 9.59 Å². The number of carbonyl (C=O) groups excluding carboxylic acids is 2. The standard InChI is InChI=1S/C22H20Cl2N2O3S.C2H6/c1-2-29-20(28)10-11-26(13-15-6-4-3-5-7-15)22-25-21(19(14-27)30-22)16-8-9-17(23)18(24)12-16;1-2/h3-9,12,14H,2,10-11,13H2,1H3;1-2H3. The molecule has 0 aliphatic heterocycles. The van der Waals surface area contributed by atoms with Crippen LogP contribution in [0.5, 0.6) is 0 Å². The van der Waals surface area contributed by atoms with Gasteiger partial charge in [-0.2, -0.15) is 0 Å². The second-order valence-corrected chi connectivity index (χ2v) is 8.24. The molecule has 1 aromatic heterocycles. The number of anilines is 1. The van der Waals surface area contributed by atoms with Crippen LogP contribution in [0.2, 0.25) is 10.0 Å². The number of hydrogen-bond donors (Lipinski definition) is 0. The summed E-state index contributed by atoms with van der Waals surface area (Å²) in [6.07, 6.45) is 1.00. The van der Waals surface area contributed by atoms with E-state index in [1.165, 1.54) is 11.3 Å². The Hall–Kier alpha value is -2.41. The number of rotatable bonds is 9. The van der Waals surface area contributed by atoms with E-state index in [0.29, 0.717) is 51.0 Å². The Labute approximate surface area is 202 Å². The normalized spacial score (nSPS) is 10.2. The van der Waals surface area contributed by atoms with Crippen LogP contribution >= 0.6 is 34.5 Å². The molecule has 8 heteroatoms. The molecule has 0 fully saturated rings. The number of hydrogen-bond acceptors (Lipinski definition) is 6. The first-order chi connectivity index (χ1) is 15.5. The molecule has 0 aliphatic carbocycles. The summed E-state index contributed by atoms with van der Waals surface area (Å²) in [7, 11) is 0. The van der Waals surface area contributed by atoms with Crippen LogP contribution in [-0.2, 0) is 16.1 Å². The average Bonchev–Trinajstić information content (AvgIpc) is 3.25. The molecule has 5 nitrogen and oxygen atoms in total. The molecule has 1 heterocycles. The fourth-order valence-corrected chi connectivity index (χ4v) is 4.12. The minimum atomic E-state index is -0.271. The molecule has 0 bridgehead atoms. The number of aromatic nitrogens is 1. The van der Waals surface area contributed by atoms with Gasteiger partial charge in [0.1, 0.15) is 0 Å². The first-order valence-electron chi connectivity index (χ1n) is 10.4. The number of ether oxygens (including phenoxy) is 1. The maximum absolute atomic E-state index is 11.9. The van der Waals surface area contributed by atoms with E-state index < -0.39 is 0 Å². The Kier molecular flexibility index (Phi) is 10.7. The zero-order valence-corrected chi connectivity index (χ0v) is 20.6. The van der Waals surface area contributed by atoms with Crippen LogP contribution in [0, 0.1) is 0 Å². The molecule has 0 aliphatic rings. The molecule has 170 valence electrons. The third kappa shape index (κ3) is 7.05. The van der Waals surface area contributed by atoms with Gasteiger partial charge in [-0.1, -0.05) is 84.8 Å². The van der Waals surface area contributed by atoms with Crippen molar-refractivity contribution in [2.24, 2.45) is 0 Å².